The average Bonchev–Trinajstić information content (AvgIpc) is 2.71. The third-order valence-corrected chi connectivity index (χ3v) is 4.64. The van der Waals surface area contributed by atoms with E-state index in [0.717, 1.165) is 39.9 Å². The Morgan fingerprint density at radius 1 is 1.37 bits per heavy atom. The maximum Gasteiger partial charge on any atom is 0.142 e. The van der Waals surface area contributed by atoms with Crippen molar-refractivity contribution in [1.29, 1.82) is 0 Å². The second-order valence-corrected chi connectivity index (χ2v) is 6.91. The highest BCUT2D eigenvalue weighted by Crippen LogP contribution is 2.44. The third kappa shape index (κ3) is 2.40. The molecule has 2 heterocycles. The van der Waals surface area contributed by atoms with Crippen LogP contribution in [-0.2, 0) is 6.42 Å². The average molecular weight is 275 g/mol. The van der Waals surface area contributed by atoms with Gasteiger partial charge in [-0.05, 0) is 31.2 Å². The maximum atomic E-state index is 10.2. The molecule has 1 N–H and O–H groups in total. The van der Waals surface area contributed by atoms with E-state index in [1.807, 2.05) is 13.0 Å². The van der Waals surface area contributed by atoms with E-state index < -0.39 is 6.10 Å². The zero-order valence-corrected chi connectivity index (χ0v) is 12.2. The standard InChI is InChI=1S/C14H17N3OS/c1-8-15-5-4-9(16-8)13-17-10-6-14(2,3)7-11(18)12(10)19-13/h4-5,11,18H,6-7H2,1-3H3. The number of thiazole rings is 1. The van der Waals surface area contributed by atoms with Gasteiger partial charge in [0, 0.05) is 6.20 Å². The molecule has 0 radical (unpaired) electrons. The molecule has 1 aliphatic carbocycles. The molecule has 19 heavy (non-hydrogen) atoms. The summed E-state index contributed by atoms with van der Waals surface area (Å²) in [4.78, 5) is 14.2. The van der Waals surface area contributed by atoms with Crippen molar-refractivity contribution in [2.45, 2.75) is 39.7 Å². The Morgan fingerprint density at radius 2 is 2.16 bits per heavy atom. The van der Waals surface area contributed by atoms with Gasteiger partial charge in [0.1, 0.15) is 16.5 Å². The molecule has 0 amide bonds. The van der Waals surface area contributed by atoms with Gasteiger partial charge in [0.15, 0.2) is 0 Å². The Morgan fingerprint density at radius 3 is 2.89 bits per heavy atom. The minimum absolute atomic E-state index is 0.110. The lowest BCUT2D eigenvalue weighted by Crippen LogP contribution is -2.24. The van der Waals surface area contributed by atoms with E-state index in [1.165, 1.54) is 0 Å². The Labute approximate surface area is 116 Å². The van der Waals surface area contributed by atoms with Crippen LogP contribution in [0.3, 0.4) is 0 Å². The lowest BCUT2D eigenvalue weighted by atomic mass is 9.77. The van der Waals surface area contributed by atoms with Gasteiger partial charge in [0.25, 0.3) is 0 Å². The largest absolute Gasteiger partial charge is 0.387 e. The third-order valence-electron chi connectivity index (χ3n) is 3.42. The first-order valence-corrected chi connectivity index (χ1v) is 7.24. The normalized spacial score (nSPS) is 21.2. The van der Waals surface area contributed by atoms with Crippen molar-refractivity contribution in [3.05, 3.63) is 28.7 Å². The molecule has 5 heteroatoms. The fraction of sp³-hybridized carbons (Fsp3) is 0.500. The van der Waals surface area contributed by atoms with Crippen molar-refractivity contribution in [3.8, 4) is 10.7 Å². The predicted molar refractivity (Wildman–Crippen MR) is 74.9 cm³/mol. The molecule has 0 fully saturated rings. The van der Waals surface area contributed by atoms with Crippen molar-refractivity contribution in [2.24, 2.45) is 5.41 Å². The molecule has 4 nitrogen and oxygen atoms in total. The number of fused-ring (bicyclic) bond motifs is 1. The van der Waals surface area contributed by atoms with E-state index in [-0.39, 0.29) is 5.41 Å². The van der Waals surface area contributed by atoms with Crippen LogP contribution in [0.25, 0.3) is 10.7 Å². The highest BCUT2D eigenvalue weighted by molar-refractivity contribution is 7.15. The SMILES string of the molecule is Cc1nccc(-c2nc3c(s2)C(O)CC(C)(C)C3)n1. The summed E-state index contributed by atoms with van der Waals surface area (Å²) in [6, 6.07) is 1.87. The van der Waals surface area contributed by atoms with Crippen LogP contribution >= 0.6 is 11.3 Å². The summed E-state index contributed by atoms with van der Waals surface area (Å²) < 4.78 is 0. The summed E-state index contributed by atoms with van der Waals surface area (Å²) in [5, 5.41) is 11.1. The Bertz CT molecular complexity index is 621. The fourth-order valence-electron chi connectivity index (χ4n) is 2.58. The van der Waals surface area contributed by atoms with Crippen LogP contribution in [0.1, 0.15) is 42.8 Å². The number of nitrogens with zero attached hydrogens (tertiary/aromatic N) is 3. The topological polar surface area (TPSA) is 58.9 Å². The Hall–Kier alpha value is -1.33. The molecule has 1 unspecified atom stereocenters. The molecular weight excluding hydrogens is 258 g/mol. The van der Waals surface area contributed by atoms with Gasteiger partial charge in [-0.1, -0.05) is 13.8 Å². The Kier molecular flexibility index (Phi) is 2.91. The maximum absolute atomic E-state index is 10.2. The fourth-order valence-corrected chi connectivity index (χ4v) is 3.61. The van der Waals surface area contributed by atoms with Gasteiger partial charge < -0.3 is 5.11 Å². The minimum Gasteiger partial charge on any atom is -0.387 e. The van der Waals surface area contributed by atoms with Gasteiger partial charge in [-0.3, -0.25) is 0 Å². The molecule has 2 aromatic rings. The van der Waals surface area contributed by atoms with Gasteiger partial charge in [-0.2, -0.15) is 0 Å². The van der Waals surface area contributed by atoms with Gasteiger partial charge in [-0.15, -0.1) is 11.3 Å². The highest BCUT2D eigenvalue weighted by atomic mass is 32.1. The quantitative estimate of drug-likeness (QED) is 0.869. The number of rotatable bonds is 1. The van der Waals surface area contributed by atoms with Crippen molar-refractivity contribution in [2.75, 3.05) is 0 Å². The van der Waals surface area contributed by atoms with Gasteiger partial charge in [0.2, 0.25) is 0 Å². The first-order chi connectivity index (χ1) is 8.94. The van der Waals surface area contributed by atoms with E-state index >= 15 is 0 Å². The van der Waals surface area contributed by atoms with Crippen LogP contribution in [0.4, 0.5) is 0 Å². The first kappa shape index (κ1) is 12.7. The summed E-state index contributed by atoms with van der Waals surface area (Å²) in [6.07, 6.45) is 3.07. The van der Waals surface area contributed by atoms with E-state index in [4.69, 9.17) is 0 Å². The lowest BCUT2D eigenvalue weighted by molar-refractivity contribution is 0.102. The number of hydrogen-bond acceptors (Lipinski definition) is 5. The zero-order valence-electron chi connectivity index (χ0n) is 11.3. The summed E-state index contributed by atoms with van der Waals surface area (Å²) in [6.45, 7) is 6.22. The van der Waals surface area contributed by atoms with E-state index in [9.17, 15) is 5.11 Å². The molecule has 1 atom stereocenters. The molecule has 0 saturated carbocycles. The van der Waals surface area contributed by atoms with Crippen molar-refractivity contribution in [3.63, 3.8) is 0 Å². The van der Waals surface area contributed by atoms with Crippen molar-refractivity contribution >= 4 is 11.3 Å². The number of aliphatic hydroxyl groups excluding tert-OH is 1. The van der Waals surface area contributed by atoms with Crippen molar-refractivity contribution < 1.29 is 5.11 Å². The molecular formula is C14H17N3OS. The molecule has 0 bridgehead atoms. The van der Waals surface area contributed by atoms with Crippen LogP contribution < -0.4 is 0 Å². The molecule has 2 aromatic heterocycles. The number of hydrogen-bond donors (Lipinski definition) is 1. The summed E-state index contributed by atoms with van der Waals surface area (Å²) in [5.74, 6) is 0.742. The van der Waals surface area contributed by atoms with Crippen LogP contribution in [-0.4, -0.2) is 20.1 Å². The monoisotopic (exact) mass is 275 g/mol. The van der Waals surface area contributed by atoms with Crippen LogP contribution in [0.15, 0.2) is 12.3 Å². The summed E-state index contributed by atoms with van der Waals surface area (Å²) in [5.41, 5.74) is 1.98. The summed E-state index contributed by atoms with van der Waals surface area (Å²) >= 11 is 1.55. The predicted octanol–water partition coefficient (Wildman–Crippen LogP) is 2.91. The van der Waals surface area contributed by atoms with Gasteiger partial charge >= 0.3 is 0 Å². The molecule has 0 spiro atoms. The second kappa shape index (κ2) is 4.35. The smallest absolute Gasteiger partial charge is 0.142 e. The molecule has 100 valence electrons. The van der Waals surface area contributed by atoms with Gasteiger partial charge in [-0.25, -0.2) is 15.0 Å². The second-order valence-electron chi connectivity index (χ2n) is 5.88. The van der Waals surface area contributed by atoms with Crippen LogP contribution in [0, 0.1) is 12.3 Å². The van der Waals surface area contributed by atoms with E-state index in [1.54, 1.807) is 17.5 Å². The molecule has 0 saturated heterocycles. The highest BCUT2D eigenvalue weighted by Gasteiger charge is 2.34. The number of aryl methyl sites for hydroxylation is 1. The molecule has 1 aliphatic rings. The summed E-state index contributed by atoms with van der Waals surface area (Å²) in [7, 11) is 0. The zero-order chi connectivity index (χ0) is 13.6. The first-order valence-electron chi connectivity index (χ1n) is 6.42. The van der Waals surface area contributed by atoms with Crippen molar-refractivity contribution in [1.82, 2.24) is 15.0 Å². The molecule has 3 rings (SSSR count). The van der Waals surface area contributed by atoms with Crippen LogP contribution in [0.5, 0.6) is 0 Å². The Balaban J connectivity index is 2.04. The molecule has 0 aromatic carbocycles. The lowest BCUT2D eigenvalue weighted by Gasteiger charge is -2.31. The minimum atomic E-state index is -0.395. The van der Waals surface area contributed by atoms with Gasteiger partial charge in [0.05, 0.1) is 16.7 Å². The van der Waals surface area contributed by atoms with Crippen LogP contribution in [0.2, 0.25) is 0 Å². The molecule has 0 aliphatic heterocycles. The van der Waals surface area contributed by atoms with E-state index in [0.29, 0.717) is 0 Å². The number of aliphatic hydroxyl groups is 1. The van der Waals surface area contributed by atoms with E-state index in [2.05, 4.69) is 28.8 Å². The number of aromatic nitrogens is 3.